The molecule has 1 aromatic carbocycles. The lowest BCUT2D eigenvalue weighted by atomic mass is 9.43. The summed E-state index contributed by atoms with van der Waals surface area (Å²) in [6, 6.07) is 7.57. The molecule has 0 aromatic heterocycles. The van der Waals surface area contributed by atoms with E-state index >= 15 is 0 Å². The third kappa shape index (κ3) is 3.13. The Morgan fingerprint density at radius 2 is 2.05 bits per heavy atom. The highest BCUT2D eigenvalue weighted by molar-refractivity contribution is 5.84. The summed E-state index contributed by atoms with van der Waals surface area (Å²) in [6.07, 6.45) is 7.42. The van der Waals surface area contributed by atoms with Crippen molar-refractivity contribution in [3.05, 3.63) is 41.1 Å². The fourth-order valence-electron chi connectivity index (χ4n) is 9.89. The maximum atomic E-state index is 13.6. The number of fused-ring (bicyclic) bond motifs is 1. The highest BCUT2D eigenvalue weighted by Crippen LogP contribution is 2.75. The minimum absolute atomic E-state index is 0.0480. The molecule has 1 aromatic rings. The zero-order valence-electron chi connectivity index (χ0n) is 23.7. The van der Waals surface area contributed by atoms with Gasteiger partial charge in [0, 0.05) is 41.7 Å². The number of carbonyl (C=O) groups is 1. The van der Waals surface area contributed by atoms with Crippen LogP contribution < -0.4 is 10.1 Å². The number of allylic oxidation sites excluding steroid dienone is 1. The van der Waals surface area contributed by atoms with Gasteiger partial charge < -0.3 is 24.6 Å². The molecule has 1 N–H and O–H groups in total. The first-order valence-electron chi connectivity index (χ1n) is 14.5. The second-order valence-electron chi connectivity index (χ2n) is 13.7. The molecule has 3 aliphatic carbocycles. The molecule has 2 saturated carbocycles. The van der Waals surface area contributed by atoms with Gasteiger partial charge in [-0.15, -0.1) is 0 Å². The highest BCUT2D eigenvalue weighted by atomic mass is 16.6. The monoisotopic (exact) mass is 518 g/mol. The van der Waals surface area contributed by atoms with Crippen molar-refractivity contribution >= 4 is 12.1 Å². The Hall–Kier alpha value is -2.70. The minimum Gasteiger partial charge on any atom is -0.497 e. The van der Waals surface area contributed by atoms with Crippen molar-refractivity contribution in [2.45, 2.75) is 95.9 Å². The SMILES string of the molecule is COc1ccc2c(c1)C13CCN(C(=O)OC(C)(C)C)C(C2)C12CCC1C3[C@@H](CN1C1=NC(C)C=C(C)N1)C2. The van der Waals surface area contributed by atoms with Crippen LogP contribution in [0.15, 0.2) is 35.0 Å². The van der Waals surface area contributed by atoms with Crippen molar-refractivity contribution < 1.29 is 14.3 Å². The number of rotatable bonds is 1. The molecule has 7 rings (SSSR count). The number of nitrogens with one attached hydrogen (secondary N) is 1. The normalized spacial score (nSPS) is 38.5. The molecule has 0 spiro atoms. The smallest absolute Gasteiger partial charge is 0.410 e. The third-order valence-electron chi connectivity index (χ3n) is 10.7. The van der Waals surface area contributed by atoms with Crippen LogP contribution >= 0.6 is 0 Å². The van der Waals surface area contributed by atoms with Crippen molar-refractivity contribution in [3.8, 4) is 5.75 Å². The molecule has 0 radical (unpaired) electrons. The number of carbonyl (C=O) groups excluding carboxylic acids is 1. The zero-order valence-corrected chi connectivity index (χ0v) is 23.7. The molecule has 7 nitrogen and oxygen atoms in total. The van der Waals surface area contributed by atoms with Gasteiger partial charge in [0.2, 0.25) is 0 Å². The lowest BCUT2D eigenvalue weighted by Gasteiger charge is -2.66. The maximum Gasteiger partial charge on any atom is 0.410 e. The van der Waals surface area contributed by atoms with Gasteiger partial charge >= 0.3 is 6.09 Å². The Labute approximate surface area is 226 Å². The molecule has 6 aliphatic rings. The standard InChI is InChI=1S/C31H42N4O3/c1-18-13-19(2)33-27(32-18)35-17-21-16-30-10-9-24(35)26(21)31(30)11-12-34(28(36)38-29(3,4)5)25(30)14-20-7-8-22(37-6)15-23(20)31/h7-8,13,15,18,21,24-26H,9-12,14,16-17H2,1-6H3,(H,32,33)/t18?,21-,24?,25?,26?,30?,31?/m1/s1. The van der Waals surface area contributed by atoms with E-state index in [9.17, 15) is 4.79 Å². The quantitative estimate of drug-likeness (QED) is 0.576. The van der Waals surface area contributed by atoms with E-state index in [4.69, 9.17) is 14.5 Å². The van der Waals surface area contributed by atoms with E-state index in [0.717, 1.165) is 50.5 Å². The van der Waals surface area contributed by atoms with Crippen LogP contribution in [-0.2, 0) is 16.6 Å². The summed E-state index contributed by atoms with van der Waals surface area (Å²) in [5.74, 6) is 3.15. The Morgan fingerprint density at radius 1 is 1.24 bits per heavy atom. The molecule has 204 valence electrons. The van der Waals surface area contributed by atoms with Crippen LogP contribution in [0.5, 0.6) is 5.75 Å². The molecule has 7 heteroatoms. The molecular weight excluding hydrogens is 476 g/mol. The fourth-order valence-corrected chi connectivity index (χ4v) is 9.89. The number of ether oxygens (including phenoxy) is 2. The fraction of sp³-hybridized carbons (Fsp3) is 0.677. The van der Waals surface area contributed by atoms with Gasteiger partial charge in [0.05, 0.1) is 13.2 Å². The summed E-state index contributed by atoms with van der Waals surface area (Å²) >= 11 is 0. The summed E-state index contributed by atoms with van der Waals surface area (Å²) < 4.78 is 11.8. The summed E-state index contributed by atoms with van der Waals surface area (Å²) in [7, 11) is 1.77. The molecule has 1 amide bonds. The van der Waals surface area contributed by atoms with Crippen molar-refractivity contribution in [1.82, 2.24) is 15.1 Å². The predicted molar refractivity (Wildman–Crippen MR) is 147 cm³/mol. The average Bonchev–Trinajstić information content (AvgIpc) is 3.28. The Bertz CT molecular complexity index is 1250. The molecule has 4 fully saturated rings. The number of guanidine groups is 1. The number of benzene rings is 1. The third-order valence-corrected chi connectivity index (χ3v) is 10.7. The van der Waals surface area contributed by atoms with Gasteiger partial charge in [-0.2, -0.15) is 0 Å². The molecular formula is C31H42N4O3. The van der Waals surface area contributed by atoms with Gasteiger partial charge in [-0.1, -0.05) is 6.07 Å². The zero-order chi connectivity index (χ0) is 26.6. The predicted octanol–water partition coefficient (Wildman–Crippen LogP) is 4.85. The first-order valence-corrected chi connectivity index (χ1v) is 14.5. The van der Waals surface area contributed by atoms with E-state index in [0.29, 0.717) is 17.9 Å². The first-order chi connectivity index (χ1) is 18.1. The molecule has 4 bridgehead atoms. The van der Waals surface area contributed by atoms with Gasteiger partial charge in [0.25, 0.3) is 0 Å². The van der Waals surface area contributed by atoms with Crippen molar-refractivity contribution in [3.63, 3.8) is 0 Å². The summed E-state index contributed by atoms with van der Waals surface area (Å²) in [4.78, 5) is 23.4. The van der Waals surface area contributed by atoms with Crippen LogP contribution in [0.25, 0.3) is 0 Å². The van der Waals surface area contributed by atoms with Crippen LogP contribution in [0.1, 0.15) is 71.4 Å². The van der Waals surface area contributed by atoms with Gasteiger partial charge in [0.15, 0.2) is 5.96 Å². The Morgan fingerprint density at radius 3 is 2.79 bits per heavy atom. The number of likely N-dealkylation sites (tertiary alicyclic amines) is 2. The minimum atomic E-state index is -0.495. The lowest BCUT2D eigenvalue weighted by molar-refractivity contribution is -0.0991. The van der Waals surface area contributed by atoms with Crippen LogP contribution in [0.4, 0.5) is 4.79 Å². The van der Waals surface area contributed by atoms with Crippen LogP contribution in [0, 0.1) is 17.3 Å². The number of aliphatic imine (C=N–C) groups is 1. The number of piperidine rings is 1. The first kappa shape index (κ1) is 24.3. The Kier molecular flexibility index (Phi) is 5.07. The summed E-state index contributed by atoms with van der Waals surface area (Å²) in [5.41, 5.74) is 3.72. The van der Waals surface area contributed by atoms with Crippen LogP contribution in [-0.4, -0.2) is 65.8 Å². The van der Waals surface area contributed by atoms with Gasteiger partial charge in [-0.05, 0) is 108 Å². The van der Waals surface area contributed by atoms with E-state index in [-0.39, 0.29) is 29.0 Å². The van der Waals surface area contributed by atoms with Gasteiger partial charge in [-0.3, -0.25) is 0 Å². The molecule has 2 saturated heterocycles. The van der Waals surface area contributed by atoms with E-state index in [1.165, 1.54) is 23.2 Å². The van der Waals surface area contributed by atoms with E-state index < -0.39 is 5.60 Å². The molecule has 7 atom stereocenters. The molecule has 38 heavy (non-hydrogen) atoms. The van der Waals surface area contributed by atoms with Gasteiger partial charge in [-0.25, -0.2) is 9.79 Å². The molecule has 3 heterocycles. The van der Waals surface area contributed by atoms with Crippen molar-refractivity contribution in [2.75, 3.05) is 20.2 Å². The average molecular weight is 519 g/mol. The summed E-state index contributed by atoms with van der Waals surface area (Å²) in [5, 5.41) is 3.61. The number of amides is 1. The van der Waals surface area contributed by atoms with Crippen molar-refractivity contribution in [2.24, 2.45) is 22.2 Å². The van der Waals surface area contributed by atoms with Crippen LogP contribution in [0.3, 0.4) is 0 Å². The number of hydrogen-bond acceptors (Lipinski definition) is 6. The lowest BCUT2D eigenvalue weighted by Crippen LogP contribution is -2.70. The Balaban J connectivity index is 1.34. The number of nitrogens with zero attached hydrogens (tertiary/aromatic N) is 3. The van der Waals surface area contributed by atoms with E-state index in [1.807, 2.05) is 20.8 Å². The summed E-state index contributed by atoms with van der Waals surface area (Å²) in [6.45, 7) is 12.0. The van der Waals surface area contributed by atoms with Crippen LogP contribution in [0.2, 0.25) is 0 Å². The van der Waals surface area contributed by atoms with Crippen molar-refractivity contribution in [1.29, 1.82) is 0 Å². The topological polar surface area (TPSA) is 66.4 Å². The second-order valence-corrected chi connectivity index (χ2v) is 13.7. The number of hydrogen-bond donors (Lipinski definition) is 1. The second kappa shape index (κ2) is 7.92. The van der Waals surface area contributed by atoms with E-state index in [1.54, 1.807) is 7.11 Å². The highest BCUT2D eigenvalue weighted by Gasteiger charge is 2.76. The number of methoxy groups -OCH3 is 1. The van der Waals surface area contributed by atoms with E-state index in [2.05, 4.69) is 53.2 Å². The largest absolute Gasteiger partial charge is 0.497 e. The van der Waals surface area contributed by atoms with Gasteiger partial charge in [0.1, 0.15) is 11.4 Å². The molecule has 6 unspecified atom stereocenters. The molecule has 3 aliphatic heterocycles. The maximum absolute atomic E-state index is 13.6.